The number of rotatable bonds is 1. The maximum absolute atomic E-state index is 10.1. The molecule has 0 radical (unpaired) electrons. The Labute approximate surface area is 136 Å². The van der Waals surface area contributed by atoms with Gasteiger partial charge in [0.25, 0.3) is 0 Å². The van der Waals surface area contributed by atoms with E-state index in [-0.39, 0.29) is 23.4 Å². The van der Waals surface area contributed by atoms with Crippen molar-refractivity contribution in [2.24, 2.45) is 5.92 Å². The lowest BCUT2D eigenvalue weighted by Crippen LogP contribution is -2.27. The molecule has 0 saturated carbocycles. The maximum Gasteiger partial charge on any atom is 0.152 e. The molecule has 4 heteroatoms. The van der Waals surface area contributed by atoms with Crippen molar-refractivity contribution in [1.82, 2.24) is 4.90 Å². The molecule has 2 N–H and O–H groups in total. The number of hydrogen-bond acceptors (Lipinski definition) is 4. The van der Waals surface area contributed by atoms with E-state index in [2.05, 4.69) is 30.1 Å². The van der Waals surface area contributed by atoms with E-state index < -0.39 is 0 Å². The molecule has 1 fully saturated rings. The largest absolute Gasteiger partial charge is 0.508 e. The Morgan fingerprint density at radius 1 is 1.17 bits per heavy atom. The van der Waals surface area contributed by atoms with E-state index in [0.29, 0.717) is 6.42 Å². The van der Waals surface area contributed by atoms with Crippen LogP contribution in [0.4, 0.5) is 0 Å². The molecule has 0 bridgehead atoms. The lowest BCUT2D eigenvalue weighted by molar-refractivity contribution is 0.269. The third-order valence-electron chi connectivity index (χ3n) is 5.43. The van der Waals surface area contributed by atoms with E-state index in [1.165, 1.54) is 16.7 Å². The second kappa shape index (κ2) is 5.60. The fourth-order valence-electron chi connectivity index (χ4n) is 4.19. The van der Waals surface area contributed by atoms with Gasteiger partial charge in [0, 0.05) is 31.8 Å². The molecule has 122 valence electrons. The third kappa shape index (κ3) is 2.51. The number of aliphatic hydroxyl groups excluding tert-OH is 2. The Bertz CT molecular complexity index is 692. The standard InChI is InChI=1S/C19H23NO3/c1-20-7-5-13-9-17(21)18(22)10-15(13)16(11-20)14-4-2-3-12-6-8-23-19(12)14/h2-4,9,15-16,21-22H,5-8,10-11H2,1H3. The van der Waals surface area contributed by atoms with Crippen LogP contribution >= 0.6 is 0 Å². The van der Waals surface area contributed by atoms with Crippen LogP contribution in [0.25, 0.3) is 0 Å². The molecule has 0 spiro atoms. The Kier molecular flexibility index (Phi) is 3.57. The number of likely N-dealkylation sites (tertiary alicyclic amines) is 1. The lowest BCUT2D eigenvalue weighted by Gasteiger charge is -2.31. The van der Waals surface area contributed by atoms with E-state index in [1.807, 2.05) is 0 Å². The normalized spacial score (nSPS) is 27.8. The fourth-order valence-corrected chi connectivity index (χ4v) is 4.19. The highest BCUT2D eigenvalue weighted by Gasteiger charge is 2.36. The quantitative estimate of drug-likeness (QED) is 0.835. The molecule has 2 atom stereocenters. The van der Waals surface area contributed by atoms with E-state index in [9.17, 15) is 10.2 Å². The smallest absolute Gasteiger partial charge is 0.152 e. The highest BCUT2D eigenvalue weighted by atomic mass is 16.5. The fraction of sp³-hybridized carbons (Fsp3) is 0.474. The van der Waals surface area contributed by atoms with Crippen molar-refractivity contribution in [3.8, 4) is 5.75 Å². The van der Waals surface area contributed by atoms with Crippen LogP contribution < -0.4 is 4.74 Å². The van der Waals surface area contributed by atoms with Gasteiger partial charge in [0.2, 0.25) is 0 Å². The summed E-state index contributed by atoms with van der Waals surface area (Å²) in [5.41, 5.74) is 3.78. The summed E-state index contributed by atoms with van der Waals surface area (Å²) in [5, 5.41) is 20.0. The predicted molar refractivity (Wildman–Crippen MR) is 89.0 cm³/mol. The first-order valence-corrected chi connectivity index (χ1v) is 8.38. The summed E-state index contributed by atoms with van der Waals surface area (Å²) in [6.45, 7) is 2.67. The Morgan fingerprint density at radius 2 is 2.04 bits per heavy atom. The van der Waals surface area contributed by atoms with Gasteiger partial charge in [-0.15, -0.1) is 0 Å². The average molecular weight is 313 g/mol. The van der Waals surface area contributed by atoms with Gasteiger partial charge in [-0.05, 0) is 36.6 Å². The van der Waals surface area contributed by atoms with Crippen molar-refractivity contribution in [2.75, 3.05) is 26.7 Å². The molecule has 4 nitrogen and oxygen atoms in total. The molecule has 1 saturated heterocycles. The number of hydrogen-bond donors (Lipinski definition) is 2. The minimum Gasteiger partial charge on any atom is -0.508 e. The topological polar surface area (TPSA) is 52.9 Å². The number of allylic oxidation sites excluding steroid dienone is 2. The molecule has 1 aromatic rings. The number of aliphatic hydroxyl groups is 2. The second-order valence-corrected chi connectivity index (χ2v) is 6.91. The summed E-state index contributed by atoms with van der Waals surface area (Å²) in [7, 11) is 2.14. The van der Waals surface area contributed by atoms with Gasteiger partial charge in [0.05, 0.1) is 6.61 Å². The number of nitrogens with zero attached hydrogens (tertiary/aromatic N) is 1. The number of benzene rings is 1. The molecule has 0 amide bonds. The van der Waals surface area contributed by atoms with Crippen molar-refractivity contribution >= 4 is 0 Å². The summed E-state index contributed by atoms with van der Waals surface area (Å²) in [6, 6.07) is 6.43. The second-order valence-electron chi connectivity index (χ2n) is 6.91. The molecule has 1 aliphatic carbocycles. The zero-order chi connectivity index (χ0) is 16.0. The van der Waals surface area contributed by atoms with Gasteiger partial charge in [-0.1, -0.05) is 23.8 Å². The highest BCUT2D eigenvalue weighted by Crippen LogP contribution is 2.45. The number of ether oxygens (including phenoxy) is 1. The van der Waals surface area contributed by atoms with Crippen molar-refractivity contribution in [1.29, 1.82) is 0 Å². The van der Waals surface area contributed by atoms with Gasteiger partial charge in [-0.25, -0.2) is 0 Å². The summed E-state index contributed by atoms with van der Waals surface area (Å²) < 4.78 is 5.92. The monoisotopic (exact) mass is 313 g/mol. The van der Waals surface area contributed by atoms with Gasteiger partial charge in [0.1, 0.15) is 11.5 Å². The SMILES string of the molecule is CN1CCC2=CC(O)=C(O)CC2C(c2cccc3c2OCC3)C1. The van der Waals surface area contributed by atoms with Crippen LogP contribution in [0.3, 0.4) is 0 Å². The van der Waals surface area contributed by atoms with Crippen LogP contribution in [-0.4, -0.2) is 41.9 Å². The van der Waals surface area contributed by atoms with Gasteiger partial charge >= 0.3 is 0 Å². The van der Waals surface area contributed by atoms with E-state index in [1.54, 1.807) is 6.08 Å². The van der Waals surface area contributed by atoms with E-state index in [0.717, 1.165) is 38.3 Å². The molecule has 2 aliphatic heterocycles. The van der Waals surface area contributed by atoms with Crippen LogP contribution in [0.5, 0.6) is 5.75 Å². The molecule has 0 aromatic heterocycles. The van der Waals surface area contributed by atoms with Crippen LogP contribution in [0.2, 0.25) is 0 Å². The van der Waals surface area contributed by atoms with Crippen molar-refractivity contribution < 1.29 is 14.9 Å². The van der Waals surface area contributed by atoms with Crippen LogP contribution in [0, 0.1) is 5.92 Å². The van der Waals surface area contributed by atoms with Gasteiger partial charge in [0.15, 0.2) is 5.76 Å². The van der Waals surface area contributed by atoms with Crippen LogP contribution in [0.1, 0.15) is 29.9 Å². The summed E-state index contributed by atoms with van der Waals surface area (Å²) in [4.78, 5) is 2.34. The zero-order valence-corrected chi connectivity index (χ0v) is 13.5. The van der Waals surface area contributed by atoms with Gasteiger partial charge < -0.3 is 19.8 Å². The Morgan fingerprint density at radius 3 is 2.91 bits per heavy atom. The zero-order valence-electron chi connectivity index (χ0n) is 13.5. The summed E-state index contributed by atoms with van der Waals surface area (Å²) >= 11 is 0. The summed E-state index contributed by atoms with van der Waals surface area (Å²) in [6.07, 6.45) is 4.20. The molecule has 23 heavy (non-hydrogen) atoms. The van der Waals surface area contributed by atoms with Crippen molar-refractivity contribution in [3.63, 3.8) is 0 Å². The molecule has 2 heterocycles. The molecule has 4 rings (SSSR count). The van der Waals surface area contributed by atoms with Gasteiger partial charge in [-0.2, -0.15) is 0 Å². The Hall–Kier alpha value is -1.94. The number of likely N-dealkylation sites (N-methyl/N-ethyl adjacent to an activating group) is 1. The first kappa shape index (κ1) is 14.6. The maximum atomic E-state index is 10.1. The molecular weight excluding hydrogens is 290 g/mol. The summed E-state index contributed by atoms with van der Waals surface area (Å²) in [5.74, 6) is 1.70. The highest BCUT2D eigenvalue weighted by molar-refractivity contribution is 5.47. The first-order chi connectivity index (χ1) is 11.1. The molecule has 1 aromatic carbocycles. The van der Waals surface area contributed by atoms with Gasteiger partial charge in [-0.3, -0.25) is 0 Å². The van der Waals surface area contributed by atoms with Crippen molar-refractivity contribution in [3.05, 3.63) is 52.5 Å². The third-order valence-corrected chi connectivity index (χ3v) is 5.43. The molecule has 2 unspecified atom stereocenters. The number of para-hydroxylation sites is 1. The Balaban J connectivity index is 1.77. The molecule has 3 aliphatic rings. The number of fused-ring (bicyclic) bond motifs is 2. The molecular formula is C19H23NO3. The first-order valence-electron chi connectivity index (χ1n) is 8.38. The average Bonchev–Trinajstić information content (AvgIpc) is 2.96. The van der Waals surface area contributed by atoms with E-state index in [4.69, 9.17) is 4.74 Å². The predicted octanol–water partition coefficient (Wildman–Crippen LogP) is 3.31. The van der Waals surface area contributed by atoms with Crippen molar-refractivity contribution in [2.45, 2.75) is 25.2 Å². The van der Waals surface area contributed by atoms with Crippen LogP contribution in [-0.2, 0) is 6.42 Å². The van der Waals surface area contributed by atoms with Crippen LogP contribution in [0.15, 0.2) is 41.4 Å². The minimum atomic E-state index is 0.0362. The minimum absolute atomic E-state index is 0.0362. The van der Waals surface area contributed by atoms with E-state index >= 15 is 0 Å². The lowest BCUT2D eigenvalue weighted by atomic mass is 9.75.